The number of amides is 1. The van der Waals surface area contributed by atoms with Crippen molar-refractivity contribution in [1.82, 2.24) is 0 Å². The number of methoxy groups -OCH3 is 1. The van der Waals surface area contributed by atoms with Crippen molar-refractivity contribution in [2.45, 2.75) is 13.5 Å². The maximum absolute atomic E-state index is 13.6. The zero-order valence-corrected chi connectivity index (χ0v) is 13.7. The highest BCUT2D eigenvalue weighted by Gasteiger charge is 2.14. The van der Waals surface area contributed by atoms with Gasteiger partial charge in [0, 0.05) is 5.56 Å². The van der Waals surface area contributed by atoms with Crippen LogP contribution in [-0.2, 0) is 11.3 Å². The molecule has 2 aromatic carbocycles. The molecule has 0 radical (unpaired) electrons. The molecule has 23 heavy (non-hydrogen) atoms. The zero-order valence-electron chi connectivity index (χ0n) is 13.7. The Bertz CT molecular complexity index is 688. The summed E-state index contributed by atoms with van der Waals surface area (Å²) in [5, 5.41) is 2.86. The number of hydrogen-bond acceptors (Lipinski definition) is 2. The SMILES string of the molecule is COc1ccc(C)cc1NC(=O)C[NH+](C)Cc1ccccc1F. The summed E-state index contributed by atoms with van der Waals surface area (Å²) in [6.07, 6.45) is 0. The molecule has 0 aliphatic rings. The number of quaternary nitrogens is 1. The maximum atomic E-state index is 13.6. The van der Waals surface area contributed by atoms with Crippen LogP contribution in [0, 0.1) is 12.7 Å². The normalized spacial score (nSPS) is 11.8. The van der Waals surface area contributed by atoms with Crippen LogP contribution in [0.15, 0.2) is 42.5 Å². The summed E-state index contributed by atoms with van der Waals surface area (Å²) in [6.45, 7) is 2.64. The van der Waals surface area contributed by atoms with Crippen molar-refractivity contribution in [3.63, 3.8) is 0 Å². The topological polar surface area (TPSA) is 42.8 Å². The van der Waals surface area contributed by atoms with Crippen molar-refractivity contribution in [2.24, 2.45) is 0 Å². The molecule has 5 heteroatoms. The van der Waals surface area contributed by atoms with Crippen molar-refractivity contribution in [3.05, 3.63) is 59.4 Å². The van der Waals surface area contributed by atoms with Crippen molar-refractivity contribution < 1.29 is 18.8 Å². The molecule has 0 aromatic heterocycles. The molecule has 1 unspecified atom stereocenters. The molecule has 0 heterocycles. The average Bonchev–Trinajstić information content (AvgIpc) is 2.49. The van der Waals surface area contributed by atoms with Gasteiger partial charge >= 0.3 is 0 Å². The van der Waals surface area contributed by atoms with E-state index in [1.165, 1.54) is 6.07 Å². The van der Waals surface area contributed by atoms with Gasteiger partial charge in [-0.3, -0.25) is 4.79 Å². The van der Waals surface area contributed by atoms with E-state index in [1.807, 2.05) is 32.2 Å². The van der Waals surface area contributed by atoms with E-state index in [4.69, 9.17) is 4.74 Å². The van der Waals surface area contributed by atoms with E-state index in [1.54, 1.807) is 25.3 Å². The second-order valence-corrected chi connectivity index (χ2v) is 5.65. The van der Waals surface area contributed by atoms with Gasteiger partial charge in [0.25, 0.3) is 5.91 Å². The van der Waals surface area contributed by atoms with Gasteiger partial charge in [-0.05, 0) is 30.7 Å². The highest BCUT2D eigenvalue weighted by molar-refractivity contribution is 5.93. The largest absolute Gasteiger partial charge is 0.495 e. The third kappa shape index (κ3) is 4.79. The Morgan fingerprint density at radius 2 is 2.00 bits per heavy atom. The summed E-state index contributed by atoms with van der Waals surface area (Å²) in [4.78, 5) is 13.1. The lowest BCUT2D eigenvalue weighted by molar-refractivity contribution is -0.885. The molecule has 0 fully saturated rings. The van der Waals surface area contributed by atoms with E-state index < -0.39 is 0 Å². The van der Waals surface area contributed by atoms with Crippen LogP contribution in [0.1, 0.15) is 11.1 Å². The van der Waals surface area contributed by atoms with E-state index in [2.05, 4.69) is 5.32 Å². The van der Waals surface area contributed by atoms with Crippen LogP contribution in [0.3, 0.4) is 0 Å². The molecule has 1 amide bonds. The lowest BCUT2D eigenvalue weighted by Gasteiger charge is -2.15. The fourth-order valence-corrected chi connectivity index (χ4v) is 2.42. The minimum absolute atomic E-state index is 0.136. The molecule has 0 saturated carbocycles. The molecule has 2 N–H and O–H groups in total. The number of likely N-dealkylation sites (N-methyl/N-ethyl adjacent to an activating group) is 1. The number of ether oxygens (including phenoxy) is 1. The monoisotopic (exact) mass is 317 g/mol. The molecule has 2 rings (SSSR count). The second kappa shape index (κ2) is 7.74. The minimum atomic E-state index is -0.243. The van der Waals surface area contributed by atoms with Crippen LogP contribution in [0.2, 0.25) is 0 Å². The molecule has 4 nitrogen and oxygen atoms in total. The third-order valence-corrected chi connectivity index (χ3v) is 3.54. The van der Waals surface area contributed by atoms with Gasteiger partial charge in [0.2, 0.25) is 0 Å². The van der Waals surface area contributed by atoms with Crippen LogP contribution >= 0.6 is 0 Å². The average molecular weight is 317 g/mol. The van der Waals surface area contributed by atoms with E-state index in [0.29, 0.717) is 23.5 Å². The number of rotatable bonds is 6. The Balaban J connectivity index is 1.97. The van der Waals surface area contributed by atoms with Gasteiger partial charge in [0.05, 0.1) is 19.8 Å². The third-order valence-electron chi connectivity index (χ3n) is 3.54. The van der Waals surface area contributed by atoms with E-state index in [9.17, 15) is 9.18 Å². The highest BCUT2D eigenvalue weighted by atomic mass is 19.1. The van der Waals surface area contributed by atoms with Gasteiger partial charge in [0.15, 0.2) is 6.54 Å². The van der Waals surface area contributed by atoms with Gasteiger partial charge in [-0.1, -0.05) is 24.3 Å². The quantitative estimate of drug-likeness (QED) is 0.853. The van der Waals surface area contributed by atoms with Gasteiger partial charge in [-0.2, -0.15) is 0 Å². The Hall–Kier alpha value is -2.40. The number of nitrogens with one attached hydrogen (secondary N) is 2. The van der Waals surface area contributed by atoms with Crippen molar-refractivity contribution >= 4 is 11.6 Å². The predicted molar refractivity (Wildman–Crippen MR) is 88.2 cm³/mol. The molecule has 1 atom stereocenters. The molecule has 0 bridgehead atoms. The number of aryl methyl sites for hydroxylation is 1. The number of benzene rings is 2. The molecule has 122 valence electrons. The van der Waals surface area contributed by atoms with Gasteiger partial charge in [-0.25, -0.2) is 4.39 Å². The predicted octanol–water partition coefficient (Wildman–Crippen LogP) is 1.80. The number of anilines is 1. The number of carbonyl (C=O) groups is 1. The molecule has 0 aliphatic carbocycles. The summed E-state index contributed by atoms with van der Waals surface area (Å²) in [5.74, 6) is 0.242. The van der Waals surface area contributed by atoms with Gasteiger partial charge < -0.3 is 15.0 Å². The van der Waals surface area contributed by atoms with Crippen molar-refractivity contribution in [3.8, 4) is 5.75 Å². The summed E-state index contributed by atoms with van der Waals surface area (Å²) in [5.41, 5.74) is 2.29. The molecular formula is C18H22FN2O2+. The lowest BCUT2D eigenvalue weighted by atomic mass is 10.2. The summed E-state index contributed by atoms with van der Waals surface area (Å²) in [7, 11) is 3.43. The Kier molecular flexibility index (Phi) is 5.71. The number of hydrogen-bond donors (Lipinski definition) is 2. The standard InChI is InChI=1S/C18H21FN2O2/c1-13-8-9-17(23-3)16(10-13)20-18(22)12-21(2)11-14-6-4-5-7-15(14)19/h4-10H,11-12H2,1-3H3,(H,20,22)/p+1. The smallest absolute Gasteiger partial charge is 0.279 e. The molecule has 2 aromatic rings. The Morgan fingerprint density at radius 1 is 1.26 bits per heavy atom. The number of carbonyl (C=O) groups excluding carboxylic acids is 1. The highest BCUT2D eigenvalue weighted by Crippen LogP contribution is 2.24. The first-order valence-corrected chi connectivity index (χ1v) is 7.49. The molecule has 0 aliphatic heterocycles. The summed E-state index contributed by atoms with van der Waals surface area (Å²) >= 11 is 0. The molecule has 0 spiro atoms. The van der Waals surface area contributed by atoms with Crippen LogP contribution in [-0.4, -0.2) is 26.6 Å². The first-order chi connectivity index (χ1) is 11.0. The number of halogens is 1. The molecule has 0 saturated heterocycles. The van der Waals surface area contributed by atoms with Crippen LogP contribution in [0.25, 0.3) is 0 Å². The fourth-order valence-electron chi connectivity index (χ4n) is 2.42. The first kappa shape index (κ1) is 17.0. The van der Waals surface area contributed by atoms with E-state index in [0.717, 1.165) is 10.5 Å². The first-order valence-electron chi connectivity index (χ1n) is 7.49. The Morgan fingerprint density at radius 3 is 2.70 bits per heavy atom. The van der Waals surface area contributed by atoms with Crippen molar-refractivity contribution in [1.29, 1.82) is 0 Å². The summed E-state index contributed by atoms with van der Waals surface area (Å²) in [6, 6.07) is 12.2. The zero-order chi connectivity index (χ0) is 16.8. The molecular weight excluding hydrogens is 295 g/mol. The van der Waals surface area contributed by atoms with Gasteiger partial charge in [0.1, 0.15) is 18.1 Å². The van der Waals surface area contributed by atoms with Crippen LogP contribution in [0.4, 0.5) is 10.1 Å². The lowest BCUT2D eigenvalue weighted by Crippen LogP contribution is -3.08. The van der Waals surface area contributed by atoms with E-state index >= 15 is 0 Å². The second-order valence-electron chi connectivity index (χ2n) is 5.65. The van der Waals surface area contributed by atoms with Crippen molar-refractivity contribution in [2.75, 3.05) is 26.0 Å². The fraction of sp³-hybridized carbons (Fsp3) is 0.278. The van der Waals surface area contributed by atoms with Crippen LogP contribution in [0.5, 0.6) is 5.75 Å². The van der Waals surface area contributed by atoms with Crippen LogP contribution < -0.4 is 15.0 Å². The minimum Gasteiger partial charge on any atom is -0.495 e. The van der Waals surface area contributed by atoms with Gasteiger partial charge in [-0.15, -0.1) is 0 Å². The maximum Gasteiger partial charge on any atom is 0.279 e. The van der Waals surface area contributed by atoms with E-state index in [-0.39, 0.29) is 18.3 Å². The Labute approximate surface area is 135 Å². The summed E-state index contributed by atoms with van der Waals surface area (Å²) < 4.78 is 18.9.